The Hall–Kier alpha value is -2.18. The van der Waals surface area contributed by atoms with E-state index in [1.165, 1.54) is 4.90 Å². The molecule has 0 aliphatic carbocycles. The van der Waals surface area contributed by atoms with Gasteiger partial charge in [0.1, 0.15) is 11.6 Å². The minimum atomic E-state index is -3.74. The zero-order chi connectivity index (χ0) is 26.0. The largest absolute Gasteiger partial charge is 0.378 e. The van der Waals surface area contributed by atoms with E-state index < -0.39 is 50.7 Å². The van der Waals surface area contributed by atoms with Crippen molar-refractivity contribution < 1.29 is 35.9 Å². The molecule has 3 aliphatic rings. The normalized spacial score (nSPS) is 25.2. The summed E-state index contributed by atoms with van der Waals surface area (Å²) < 4.78 is 71.0. The van der Waals surface area contributed by atoms with Gasteiger partial charge in [0.2, 0.25) is 11.8 Å². The van der Waals surface area contributed by atoms with E-state index in [0.29, 0.717) is 45.2 Å². The van der Waals surface area contributed by atoms with Crippen molar-refractivity contribution in [2.45, 2.75) is 56.7 Å². The zero-order valence-corrected chi connectivity index (χ0v) is 20.8. The van der Waals surface area contributed by atoms with E-state index in [1.807, 2.05) is 0 Å². The Morgan fingerprint density at radius 1 is 1.00 bits per heavy atom. The van der Waals surface area contributed by atoms with Crippen molar-refractivity contribution >= 4 is 21.7 Å². The molecule has 1 aromatic carbocycles. The predicted molar refractivity (Wildman–Crippen MR) is 125 cm³/mol. The van der Waals surface area contributed by atoms with Crippen LogP contribution in [0.25, 0.3) is 0 Å². The first-order valence-electron chi connectivity index (χ1n) is 12.3. The lowest BCUT2D eigenvalue weighted by Crippen LogP contribution is -2.50. The highest BCUT2D eigenvalue weighted by atomic mass is 32.2. The average Bonchev–Trinajstić information content (AvgIpc) is 3.10. The SMILES string of the molecule is N[C@H](Cc1cc(F)c(F)cc1F)[C@@H]1C[C@H]2CC[C@@H](C1)N2C(=O)CCS(=O)(=O)CC(=O)N1CCOCC1. The van der Waals surface area contributed by atoms with E-state index in [0.717, 1.165) is 18.9 Å². The molecular weight excluding hydrogens is 499 g/mol. The van der Waals surface area contributed by atoms with Crippen molar-refractivity contribution in [2.75, 3.05) is 37.8 Å². The zero-order valence-electron chi connectivity index (χ0n) is 20.0. The Labute approximate surface area is 208 Å². The van der Waals surface area contributed by atoms with Crippen LogP contribution in [0.4, 0.5) is 13.2 Å². The first-order valence-corrected chi connectivity index (χ1v) is 14.1. The van der Waals surface area contributed by atoms with Crippen LogP contribution in [0.15, 0.2) is 12.1 Å². The van der Waals surface area contributed by atoms with Gasteiger partial charge in [-0.05, 0) is 49.7 Å². The third-order valence-electron chi connectivity index (χ3n) is 7.54. The smallest absolute Gasteiger partial charge is 0.237 e. The van der Waals surface area contributed by atoms with Gasteiger partial charge in [0.05, 0.1) is 19.0 Å². The first-order chi connectivity index (χ1) is 17.0. The molecule has 36 heavy (non-hydrogen) atoms. The summed E-state index contributed by atoms with van der Waals surface area (Å²) in [6, 6.07) is 0.670. The van der Waals surface area contributed by atoms with Gasteiger partial charge >= 0.3 is 0 Å². The molecule has 2 amide bonds. The van der Waals surface area contributed by atoms with Gasteiger partial charge < -0.3 is 20.3 Å². The summed E-state index contributed by atoms with van der Waals surface area (Å²) in [5.41, 5.74) is 6.34. The number of sulfone groups is 1. The molecule has 200 valence electrons. The second-order valence-corrected chi connectivity index (χ2v) is 12.2. The summed E-state index contributed by atoms with van der Waals surface area (Å²) in [7, 11) is -3.74. The summed E-state index contributed by atoms with van der Waals surface area (Å²) in [4.78, 5) is 28.5. The molecule has 0 unspecified atom stereocenters. The van der Waals surface area contributed by atoms with Crippen LogP contribution in [0.1, 0.15) is 37.7 Å². The number of ether oxygens (including phenoxy) is 1. The van der Waals surface area contributed by atoms with Crippen LogP contribution in [0.3, 0.4) is 0 Å². The maximum Gasteiger partial charge on any atom is 0.237 e. The summed E-state index contributed by atoms with van der Waals surface area (Å²) >= 11 is 0. The van der Waals surface area contributed by atoms with Gasteiger partial charge in [-0.3, -0.25) is 9.59 Å². The quantitative estimate of drug-likeness (QED) is 0.508. The Balaban J connectivity index is 1.30. The number of piperidine rings is 1. The predicted octanol–water partition coefficient (Wildman–Crippen LogP) is 1.41. The number of carbonyl (C=O) groups excluding carboxylic acids is 2. The van der Waals surface area contributed by atoms with E-state index >= 15 is 0 Å². The average molecular weight is 532 g/mol. The minimum Gasteiger partial charge on any atom is -0.378 e. The number of nitrogens with zero attached hydrogens (tertiary/aromatic N) is 2. The molecule has 3 saturated heterocycles. The van der Waals surface area contributed by atoms with Gasteiger partial charge in [-0.15, -0.1) is 0 Å². The molecule has 3 heterocycles. The first kappa shape index (κ1) is 26.9. The fourth-order valence-corrected chi connectivity index (χ4v) is 6.84. The summed E-state index contributed by atoms with van der Waals surface area (Å²) in [6.45, 7) is 1.47. The van der Waals surface area contributed by atoms with Gasteiger partial charge in [0, 0.05) is 43.7 Å². The van der Waals surface area contributed by atoms with Crippen LogP contribution in [0.2, 0.25) is 0 Å². The van der Waals surface area contributed by atoms with E-state index in [1.54, 1.807) is 4.90 Å². The van der Waals surface area contributed by atoms with Crippen molar-refractivity contribution in [3.05, 3.63) is 35.1 Å². The number of nitrogens with two attached hydrogens (primary N) is 1. The molecule has 12 heteroatoms. The number of amides is 2. The van der Waals surface area contributed by atoms with Gasteiger partial charge in [-0.25, -0.2) is 21.6 Å². The second kappa shape index (κ2) is 11.1. The van der Waals surface area contributed by atoms with Gasteiger partial charge in [0.25, 0.3) is 0 Å². The molecule has 4 rings (SSSR count). The highest BCUT2D eigenvalue weighted by Gasteiger charge is 2.44. The number of halogens is 3. The Bertz CT molecular complexity index is 1080. The number of hydrogen-bond acceptors (Lipinski definition) is 6. The van der Waals surface area contributed by atoms with Crippen molar-refractivity contribution in [1.29, 1.82) is 0 Å². The Morgan fingerprint density at radius 2 is 1.61 bits per heavy atom. The molecular formula is C24H32F3N3O5S. The van der Waals surface area contributed by atoms with Crippen LogP contribution in [-0.4, -0.2) is 86.0 Å². The van der Waals surface area contributed by atoms with Crippen molar-refractivity contribution in [2.24, 2.45) is 11.7 Å². The van der Waals surface area contributed by atoms with Gasteiger partial charge in [-0.1, -0.05) is 0 Å². The summed E-state index contributed by atoms with van der Waals surface area (Å²) in [5.74, 6) is -4.99. The van der Waals surface area contributed by atoms with Crippen LogP contribution >= 0.6 is 0 Å². The molecule has 0 aromatic heterocycles. The standard InChI is InChI=1S/C24H32F3N3O5S/c25-19-13-21(27)20(26)11-15(19)12-22(28)16-9-17-1-2-18(10-16)30(17)23(31)3-8-36(33,34)14-24(32)29-4-6-35-7-5-29/h11,13,16-18,22H,1-10,12,14,28H2/t16-,17-,18+,22-/m1/s1. The molecule has 2 bridgehead atoms. The van der Waals surface area contributed by atoms with E-state index in [2.05, 4.69) is 0 Å². The molecule has 1 aromatic rings. The number of fused-ring (bicyclic) bond motifs is 2. The Kier molecular flexibility index (Phi) is 8.25. The number of benzene rings is 1. The van der Waals surface area contributed by atoms with Crippen LogP contribution in [0.5, 0.6) is 0 Å². The number of rotatable bonds is 8. The Morgan fingerprint density at radius 3 is 2.25 bits per heavy atom. The van der Waals surface area contributed by atoms with E-state index in [4.69, 9.17) is 10.5 Å². The lowest BCUT2D eigenvalue weighted by atomic mass is 9.82. The highest BCUT2D eigenvalue weighted by Crippen LogP contribution is 2.40. The molecule has 0 radical (unpaired) electrons. The van der Waals surface area contributed by atoms with Crippen molar-refractivity contribution in [1.82, 2.24) is 9.80 Å². The monoisotopic (exact) mass is 531 g/mol. The molecule has 3 fully saturated rings. The van der Waals surface area contributed by atoms with Crippen molar-refractivity contribution in [3.63, 3.8) is 0 Å². The third kappa shape index (κ3) is 6.20. The fourth-order valence-electron chi connectivity index (χ4n) is 5.65. The molecule has 0 spiro atoms. The molecule has 8 nitrogen and oxygen atoms in total. The molecule has 2 N–H and O–H groups in total. The topological polar surface area (TPSA) is 110 Å². The number of morpholine rings is 1. The number of carbonyl (C=O) groups is 2. The summed E-state index contributed by atoms with van der Waals surface area (Å²) in [5, 5.41) is 0. The van der Waals surface area contributed by atoms with E-state index in [-0.39, 0.29) is 42.3 Å². The lowest BCUT2D eigenvalue weighted by Gasteiger charge is -2.41. The second-order valence-electron chi connectivity index (χ2n) is 9.98. The third-order valence-corrected chi connectivity index (χ3v) is 9.05. The van der Waals surface area contributed by atoms with Crippen molar-refractivity contribution in [3.8, 4) is 0 Å². The van der Waals surface area contributed by atoms with Crippen LogP contribution in [0, 0.1) is 23.4 Å². The minimum absolute atomic E-state index is 0.0177. The van der Waals surface area contributed by atoms with Gasteiger partial charge in [-0.2, -0.15) is 0 Å². The van der Waals surface area contributed by atoms with Gasteiger partial charge in [0.15, 0.2) is 21.5 Å². The molecule has 4 atom stereocenters. The van der Waals surface area contributed by atoms with Crippen LogP contribution in [-0.2, 0) is 30.6 Å². The van der Waals surface area contributed by atoms with Crippen LogP contribution < -0.4 is 5.73 Å². The molecule has 3 aliphatic heterocycles. The fraction of sp³-hybridized carbons (Fsp3) is 0.667. The number of hydrogen-bond donors (Lipinski definition) is 1. The summed E-state index contributed by atoms with van der Waals surface area (Å²) in [6.07, 6.45) is 2.55. The highest BCUT2D eigenvalue weighted by molar-refractivity contribution is 7.92. The molecule has 0 saturated carbocycles. The lowest BCUT2D eigenvalue weighted by molar-refractivity contribution is -0.136. The maximum atomic E-state index is 14.1. The maximum absolute atomic E-state index is 14.1. The van der Waals surface area contributed by atoms with E-state index in [9.17, 15) is 31.2 Å².